The highest BCUT2D eigenvalue weighted by Gasteiger charge is 2.30. The molecular weight excluding hydrogens is 313 g/mol. The number of alkyl halides is 3. The molecular formula is C16H10ClF3N2. The molecule has 0 aliphatic carbocycles. The van der Waals surface area contributed by atoms with Gasteiger partial charge in [0.15, 0.2) is 0 Å². The third-order valence-corrected chi connectivity index (χ3v) is 3.79. The first-order valence-corrected chi connectivity index (χ1v) is 6.85. The van der Waals surface area contributed by atoms with Crippen LogP contribution in [0.25, 0.3) is 22.2 Å². The molecule has 1 heterocycles. The van der Waals surface area contributed by atoms with Crippen LogP contribution in [0, 0.1) is 6.92 Å². The third-order valence-electron chi connectivity index (χ3n) is 3.48. The second kappa shape index (κ2) is 5.25. The topological polar surface area (TPSA) is 25.8 Å². The number of fused-ring (bicyclic) bond motifs is 1. The molecule has 0 saturated carbocycles. The summed E-state index contributed by atoms with van der Waals surface area (Å²) >= 11 is 6.07. The predicted molar refractivity (Wildman–Crippen MR) is 79.7 cm³/mol. The van der Waals surface area contributed by atoms with E-state index in [1.807, 2.05) is 13.0 Å². The van der Waals surface area contributed by atoms with Gasteiger partial charge >= 0.3 is 6.18 Å². The summed E-state index contributed by atoms with van der Waals surface area (Å²) in [6, 6.07) is 10.3. The van der Waals surface area contributed by atoms with Gasteiger partial charge in [-0.15, -0.1) is 10.2 Å². The van der Waals surface area contributed by atoms with Gasteiger partial charge in [0.05, 0.1) is 16.3 Å². The number of benzene rings is 2. The molecule has 2 aromatic carbocycles. The van der Waals surface area contributed by atoms with E-state index in [1.165, 1.54) is 12.1 Å². The molecule has 22 heavy (non-hydrogen) atoms. The van der Waals surface area contributed by atoms with Crippen LogP contribution in [0.5, 0.6) is 0 Å². The maximum atomic E-state index is 12.6. The van der Waals surface area contributed by atoms with Crippen LogP contribution in [-0.4, -0.2) is 10.2 Å². The lowest BCUT2D eigenvalue weighted by molar-refractivity contribution is -0.137. The van der Waals surface area contributed by atoms with Gasteiger partial charge < -0.3 is 0 Å². The molecule has 112 valence electrons. The van der Waals surface area contributed by atoms with Gasteiger partial charge in [0.2, 0.25) is 0 Å². The largest absolute Gasteiger partial charge is 0.416 e. The Kier molecular flexibility index (Phi) is 3.53. The van der Waals surface area contributed by atoms with Crippen molar-refractivity contribution in [2.75, 3.05) is 0 Å². The smallest absolute Gasteiger partial charge is 0.166 e. The van der Waals surface area contributed by atoms with Gasteiger partial charge in [-0.2, -0.15) is 13.2 Å². The molecule has 0 radical (unpaired) electrons. The van der Waals surface area contributed by atoms with Crippen molar-refractivity contribution >= 4 is 22.5 Å². The Balaban J connectivity index is 2.13. The first kappa shape index (κ1) is 14.8. The summed E-state index contributed by atoms with van der Waals surface area (Å²) in [5.41, 5.74) is 1.85. The maximum absolute atomic E-state index is 12.6. The van der Waals surface area contributed by atoms with Crippen molar-refractivity contribution in [2.45, 2.75) is 13.1 Å². The lowest BCUT2D eigenvalue weighted by Gasteiger charge is -2.10. The van der Waals surface area contributed by atoms with E-state index in [4.69, 9.17) is 11.6 Å². The summed E-state index contributed by atoms with van der Waals surface area (Å²) in [5, 5.41) is 9.52. The van der Waals surface area contributed by atoms with Gasteiger partial charge in [0, 0.05) is 10.9 Å². The maximum Gasteiger partial charge on any atom is 0.416 e. The zero-order valence-electron chi connectivity index (χ0n) is 11.4. The number of aromatic nitrogens is 2. The molecule has 3 rings (SSSR count). The van der Waals surface area contributed by atoms with Crippen LogP contribution in [0.1, 0.15) is 11.1 Å². The average molecular weight is 323 g/mol. The minimum Gasteiger partial charge on any atom is -0.166 e. The zero-order valence-corrected chi connectivity index (χ0v) is 12.2. The molecule has 0 spiro atoms. The zero-order chi connectivity index (χ0) is 15.9. The average Bonchev–Trinajstić information content (AvgIpc) is 2.48. The highest BCUT2D eigenvalue weighted by molar-refractivity contribution is 6.35. The minimum atomic E-state index is -4.35. The molecule has 0 unspecified atom stereocenters. The lowest BCUT2D eigenvalue weighted by Crippen LogP contribution is -2.04. The summed E-state index contributed by atoms with van der Waals surface area (Å²) in [5.74, 6) is 0. The number of aryl methyl sites for hydroxylation is 1. The first-order valence-electron chi connectivity index (χ1n) is 6.47. The monoisotopic (exact) mass is 322 g/mol. The van der Waals surface area contributed by atoms with Crippen molar-refractivity contribution in [2.24, 2.45) is 0 Å². The van der Waals surface area contributed by atoms with E-state index in [-0.39, 0.29) is 0 Å². The van der Waals surface area contributed by atoms with Crippen LogP contribution < -0.4 is 0 Å². The molecule has 0 N–H and O–H groups in total. The quantitative estimate of drug-likeness (QED) is 0.609. The van der Waals surface area contributed by atoms with Crippen LogP contribution in [0.2, 0.25) is 5.02 Å². The van der Waals surface area contributed by atoms with E-state index in [1.54, 1.807) is 12.1 Å². The molecule has 0 aliphatic rings. The second-order valence-electron chi connectivity index (χ2n) is 4.88. The van der Waals surface area contributed by atoms with Gasteiger partial charge in [-0.3, -0.25) is 0 Å². The van der Waals surface area contributed by atoms with Crippen molar-refractivity contribution < 1.29 is 13.2 Å². The molecule has 0 saturated heterocycles. The van der Waals surface area contributed by atoms with Crippen LogP contribution in [-0.2, 0) is 6.18 Å². The van der Waals surface area contributed by atoms with Crippen molar-refractivity contribution in [1.82, 2.24) is 10.2 Å². The molecule has 0 bridgehead atoms. The second-order valence-corrected chi connectivity index (χ2v) is 5.29. The van der Waals surface area contributed by atoms with Crippen molar-refractivity contribution in [1.29, 1.82) is 0 Å². The highest BCUT2D eigenvalue weighted by atomic mass is 35.5. The molecule has 0 fully saturated rings. The number of halogens is 4. The molecule has 0 aliphatic heterocycles. The van der Waals surface area contributed by atoms with Crippen molar-refractivity contribution in [3.8, 4) is 11.3 Å². The van der Waals surface area contributed by atoms with Gasteiger partial charge in [-0.1, -0.05) is 35.9 Å². The SMILES string of the molecule is Cc1c(-c2ccc(C(F)(F)F)cc2)nnc2c(Cl)cccc12. The fraction of sp³-hybridized carbons (Fsp3) is 0.125. The van der Waals surface area contributed by atoms with E-state index >= 15 is 0 Å². The lowest BCUT2D eigenvalue weighted by atomic mass is 10.0. The number of nitrogens with zero attached hydrogens (tertiary/aromatic N) is 2. The fourth-order valence-electron chi connectivity index (χ4n) is 2.31. The standard InChI is InChI=1S/C16H10ClF3N2/c1-9-12-3-2-4-13(17)15(12)22-21-14(9)10-5-7-11(8-6-10)16(18,19)20/h2-8H,1H3. The molecule has 2 nitrogen and oxygen atoms in total. The van der Waals surface area contributed by atoms with Crippen LogP contribution in [0.3, 0.4) is 0 Å². The van der Waals surface area contributed by atoms with E-state index < -0.39 is 11.7 Å². The van der Waals surface area contributed by atoms with Gasteiger partial charge in [0.25, 0.3) is 0 Å². The Morgan fingerprint density at radius 2 is 1.64 bits per heavy atom. The molecule has 6 heteroatoms. The van der Waals surface area contributed by atoms with Crippen LogP contribution in [0.15, 0.2) is 42.5 Å². The summed E-state index contributed by atoms with van der Waals surface area (Å²) in [6.07, 6.45) is -4.35. The van der Waals surface area contributed by atoms with Crippen molar-refractivity contribution in [3.63, 3.8) is 0 Å². The molecule has 0 atom stereocenters. The van der Waals surface area contributed by atoms with Crippen molar-refractivity contribution in [3.05, 3.63) is 58.6 Å². The Bertz CT molecular complexity index is 842. The normalized spacial score (nSPS) is 11.9. The number of rotatable bonds is 1. The third kappa shape index (κ3) is 2.52. The molecule has 1 aromatic heterocycles. The predicted octanol–water partition coefficient (Wildman–Crippen LogP) is 5.28. The van der Waals surface area contributed by atoms with E-state index in [0.29, 0.717) is 21.8 Å². The molecule has 0 amide bonds. The summed E-state index contributed by atoms with van der Waals surface area (Å²) in [6.45, 7) is 1.85. The van der Waals surface area contributed by atoms with Crippen LogP contribution >= 0.6 is 11.6 Å². The Hall–Kier alpha value is -2.14. The minimum absolute atomic E-state index is 0.493. The fourth-order valence-corrected chi connectivity index (χ4v) is 2.53. The number of hydrogen-bond acceptors (Lipinski definition) is 2. The molecule has 3 aromatic rings. The Morgan fingerprint density at radius 1 is 0.955 bits per heavy atom. The summed E-state index contributed by atoms with van der Waals surface area (Å²) in [7, 11) is 0. The first-order chi connectivity index (χ1) is 10.4. The van der Waals surface area contributed by atoms with Gasteiger partial charge in [-0.25, -0.2) is 0 Å². The van der Waals surface area contributed by atoms with E-state index in [9.17, 15) is 13.2 Å². The Labute approximate surface area is 129 Å². The Morgan fingerprint density at radius 3 is 2.27 bits per heavy atom. The highest BCUT2D eigenvalue weighted by Crippen LogP contribution is 2.33. The van der Waals surface area contributed by atoms with Crippen LogP contribution in [0.4, 0.5) is 13.2 Å². The van der Waals surface area contributed by atoms with E-state index in [0.717, 1.165) is 23.1 Å². The van der Waals surface area contributed by atoms with Gasteiger partial charge in [-0.05, 0) is 30.7 Å². The number of hydrogen-bond donors (Lipinski definition) is 0. The summed E-state index contributed by atoms with van der Waals surface area (Å²) < 4.78 is 37.8. The summed E-state index contributed by atoms with van der Waals surface area (Å²) in [4.78, 5) is 0. The van der Waals surface area contributed by atoms with Gasteiger partial charge in [0.1, 0.15) is 5.52 Å². The van der Waals surface area contributed by atoms with E-state index in [2.05, 4.69) is 10.2 Å².